The molecule has 0 aliphatic heterocycles. The first-order valence-corrected chi connectivity index (χ1v) is 12.5. The van der Waals surface area contributed by atoms with Crippen molar-refractivity contribution in [3.8, 4) is 0 Å². The number of halogens is 1. The molecule has 0 radical (unpaired) electrons. The van der Waals surface area contributed by atoms with Crippen molar-refractivity contribution in [2.45, 2.75) is 106 Å². The molecule has 0 saturated heterocycles. The maximum absolute atomic E-state index is 11.9. The molecule has 2 heteroatoms. The van der Waals surface area contributed by atoms with Crippen LogP contribution in [0.4, 0.5) is 0 Å². The standard InChI is InChI=1S/C14H30.C12H15BrO/c1-5-9-12-14(11-7-3)13(8-4)10-6-2;1-4-9-6-5-7-10(13)11(9)12(14)8(2)3/h13-14H,5-12H2,1-4H3;5-8H,4H2,1-3H3. The first-order valence-electron chi connectivity index (χ1n) is 11.7. The molecule has 1 nitrogen and oxygen atoms in total. The van der Waals surface area contributed by atoms with Gasteiger partial charge in [0.05, 0.1) is 0 Å². The van der Waals surface area contributed by atoms with Gasteiger partial charge in [0, 0.05) is 16.0 Å². The van der Waals surface area contributed by atoms with Crippen LogP contribution in [0.5, 0.6) is 0 Å². The van der Waals surface area contributed by atoms with Gasteiger partial charge in [-0.3, -0.25) is 4.79 Å². The summed E-state index contributed by atoms with van der Waals surface area (Å²) in [5.41, 5.74) is 1.98. The Bertz CT molecular complexity index is 535. The van der Waals surface area contributed by atoms with Gasteiger partial charge in [0.2, 0.25) is 0 Å². The van der Waals surface area contributed by atoms with Crippen molar-refractivity contribution in [2.24, 2.45) is 17.8 Å². The molecule has 0 N–H and O–H groups in total. The third-order valence-electron chi connectivity index (χ3n) is 5.69. The second kappa shape index (κ2) is 16.2. The SMILES string of the molecule is CCCCC(CCC)C(CC)CCC.CCc1cccc(Br)c1C(=O)C(C)C. The normalized spacial score (nSPS) is 13.0. The average molecular weight is 454 g/mol. The predicted octanol–water partition coefficient (Wildman–Crippen LogP) is 9.27. The zero-order valence-electron chi connectivity index (χ0n) is 19.6. The highest BCUT2D eigenvalue weighted by molar-refractivity contribution is 9.10. The van der Waals surface area contributed by atoms with E-state index in [0.717, 1.165) is 33.9 Å². The molecule has 0 aromatic heterocycles. The number of Topliss-reactive ketones (excluding diaryl/α,β-unsaturated/α-hetero) is 1. The van der Waals surface area contributed by atoms with Crippen LogP contribution in [-0.4, -0.2) is 5.78 Å². The van der Waals surface area contributed by atoms with E-state index in [9.17, 15) is 4.79 Å². The van der Waals surface area contributed by atoms with Crippen molar-refractivity contribution in [1.29, 1.82) is 0 Å². The van der Waals surface area contributed by atoms with Gasteiger partial charge in [0.15, 0.2) is 5.78 Å². The fourth-order valence-corrected chi connectivity index (χ4v) is 4.63. The summed E-state index contributed by atoms with van der Waals surface area (Å²) in [5, 5.41) is 0. The van der Waals surface area contributed by atoms with Crippen molar-refractivity contribution in [3.63, 3.8) is 0 Å². The molecule has 0 aliphatic rings. The second-order valence-electron chi connectivity index (χ2n) is 8.29. The summed E-state index contributed by atoms with van der Waals surface area (Å²) in [5.74, 6) is 2.30. The number of hydrogen-bond acceptors (Lipinski definition) is 1. The fourth-order valence-electron chi connectivity index (χ4n) is 4.02. The number of rotatable bonds is 12. The van der Waals surface area contributed by atoms with E-state index in [1.165, 1.54) is 51.4 Å². The molecule has 1 aromatic rings. The monoisotopic (exact) mass is 452 g/mol. The van der Waals surface area contributed by atoms with Crippen LogP contribution >= 0.6 is 15.9 Å². The summed E-state index contributed by atoms with van der Waals surface area (Å²) in [6.45, 7) is 15.3. The molecular weight excluding hydrogens is 408 g/mol. The van der Waals surface area contributed by atoms with Crippen molar-refractivity contribution in [1.82, 2.24) is 0 Å². The number of carbonyl (C=O) groups excluding carboxylic acids is 1. The molecule has 162 valence electrons. The smallest absolute Gasteiger partial charge is 0.166 e. The summed E-state index contributed by atoms with van der Waals surface area (Å²) >= 11 is 3.44. The quantitative estimate of drug-likeness (QED) is 0.288. The molecule has 2 atom stereocenters. The third kappa shape index (κ3) is 9.72. The minimum atomic E-state index is 0.0546. The van der Waals surface area contributed by atoms with E-state index < -0.39 is 0 Å². The molecule has 2 unspecified atom stereocenters. The number of ketones is 1. The molecular formula is C26H45BrO. The van der Waals surface area contributed by atoms with E-state index in [4.69, 9.17) is 0 Å². The molecule has 0 heterocycles. The Balaban J connectivity index is 0.000000521. The highest BCUT2D eigenvalue weighted by Crippen LogP contribution is 2.29. The van der Waals surface area contributed by atoms with Gasteiger partial charge < -0.3 is 0 Å². The van der Waals surface area contributed by atoms with Crippen LogP contribution in [0, 0.1) is 17.8 Å². The highest BCUT2D eigenvalue weighted by atomic mass is 79.9. The van der Waals surface area contributed by atoms with Crippen molar-refractivity contribution >= 4 is 21.7 Å². The molecule has 28 heavy (non-hydrogen) atoms. The Morgan fingerprint density at radius 3 is 1.96 bits per heavy atom. The van der Waals surface area contributed by atoms with Crippen LogP contribution in [0.2, 0.25) is 0 Å². The van der Waals surface area contributed by atoms with E-state index in [0.29, 0.717) is 0 Å². The first kappa shape index (κ1) is 27.4. The van der Waals surface area contributed by atoms with E-state index in [-0.39, 0.29) is 11.7 Å². The largest absolute Gasteiger partial charge is 0.294 e. The van der Waals surface area contributed by atoms with Gasteiger partial charge in [0.1, 0.15) is 0 Å². The molecule has 1 rings (SSSR count). The Morgan fingerprint density at radius 2 is 1.50 bits per heavy atom. The molecule has 0 bridgehead atoms. The minimum absolute atomic E-state index is 0.0546. The molecule has 0 fully saturated rings. The summed E-state index contributed by atoms with van der Waals surface area (Å²) in [6, 6.07) is 5.91. The van der Waals surface area contributed by atoms with Crippen LogP contribution in [0.1, 0.15) is 116 Å². The lowest BCUT2D eigenvalue weighted by Gasteiger charge is -2.25. The second-order valence-corrected chi connectivity index (χ2v) is 9.15. The van der Waals surface area contributed by atoms with Crippen LogP contribution < -0.4 is 0 Å². The minimum Gasteiger partial charge on any atom is -0.294 e. The Kier molecular flexibility index (Phi) is 15.8. The maximum atomic E-state index is 11.9. The van der Waals surface area contributed by atoms with E-state index in [1.54, 1.807) is 0 Å². The fraction of sp³-hybridized carbons (Fsp3) is 0.731. The average Bonchev–Trinajstić information content (AvgIpc) is 2.69. The van der Waals surface area contributed by atoms with Crippen molar-refractivity contribution < 1.29 is 4.79 Å². The number of hydrogen-bond donors (Lipinski definition) is 0. The first-order chi connectivity index (χ1) is 13.4. The van der Waals surface area contributed by atoms with Crippen LogP contribution in [0.3, 0.4) is 0 Å². The zero-order chi connectivity index (χ0) is 21.5. The third-order valence-corrected chi connectivity index (χ3v) is 6.35. The van der Waals surface area contributed by atoms with Gasteiger partial charge in [-0.25, -0.2) is 0 Å². The highest BCUT2D eigenvalue weighted by Gasteiger charge is 2.18. The van der Waals surface area contributed by atoms with Crippen molar-refractivity contribution in [2.75, 3.05) is 0 Å². The number of carbonyl (C=O) groups is 1. The number of unbranched alkanes of at least 4 members (excludes halogenated alkanes) is 1. The molecule has 1 aromatic carbocycles. The predicted molar refractivity (Wildman–Crippen MR) is 129 cm³/mol. The Hall–Kier alpha value is -0.630. The van der Waals surface area contributed by atoms with Gasteiger partial charge in [-0.15, -0.1) is 0 Å². The lowest BCUT2D eigenvalue weighted by molar-refractivity contribution is 0.0937. The van der Waals surface area contributed by atoms with E-state index >= 15 is 0 Å². The summed E-state index contributed by atoms with van der Waals surface area (Å²) in [7, 11) is 0. The van der Waals surface area contributed by atoms with Gasteiger partial charge in [0.25, 0.3) is 0 Å². The maximum Gasteiger partial charge on any atom is 0.166 e. The lowest BCUT2D eigenvalue weighted by Crippen LogP contribution is -2.14. The zero-order valence-corrected chi connectivity index (χ0v) is 21.2. The number of benzene rings is 1. The van der Waals surface area contributed by atoms with Crippen LogP contribution in [0.25, 0.3) is 0 Å². The van der Waals surface area contributed by atoms with E-state index in [2.05, 4.69) is 50.5 Å². The summed E-state index contributed by atoms with van der Waals surface area (Å²) < 4.78 is 0.913. The van der Waals surface area contributed by atoms with E-state index in [1.807, 2.05) is 32.0 Å². The summed E-state index contributed by atoms with van der Waals surface area (Å²) in [6.07, 6.45) is 12.2. The lowest BCUT2D eigenvalue weighted by atomic mass is 9.80. The molecule has 0 amide bonds. The molecule has 0 spiro atoms. The Morgan fingerprint density at radius 1 is 0.893 bits per heavy atom. The Labute approximate surface area is 184 Å². The van der Waals surface area contributed by atoms with Crippen molar-refractivity contribution in [3.05, 3.63) is 33.8 Å². The van der Waals surface area contributed by atoms with Gasteiger partial charge in [-0.2, -0.15) is 0 Å². The molecule has 0 aliphatic carbocycles. The van der Waals surface area contributed by atoms with Crippen LogP contribution in [-0.2, 0) is 6.42 Å². The summed E-state index contributed by atoms with van der Waals surface area (Å²) in [4.78, 5) is 11.9. The number of aryl methyl sites for hydroxylation is 1. The van der Waals surface area contributed by atoms with Gasteiger partial charge >= 0.3 is 0 Å². The van der Waals surface area contributed by atoms with Gasteiger partial charge in [-0.1, -0.05) is 128 Å². The topological polar surface area (TPSA) is 17.1 Å². The van der Waals surface area contributed by atoms with Gasteiger partial charge in [-0.05, 0) is 29.9 Å². The van der Waals surface area contributed by atoms with Crippen LogP contribution in [0.15, 0.2) is 22.7 Å². The molecule has 0 saturated carbocycles.